The number of halogens is 2. The molecule has 1 aromatic heterocycles. The molecule has 0 aliphatic carbocycles. The van der Waals surface area contributed by atoms with Crippen LogP contribution in [0.2, 0.25) is 0 Å². The van der Waals surface area contributed by atoms with Crippen LogP contribution in [0, 0.1) is 5.82 Å². The van der Waals surface area contributed by atoms with Crippen LogP contribution >= 0.6 is 27.7 Å². The number of likely N-dealkylation sites (tertiary alicyclic amines) is 1. The van der Waals surface area contributed by atoms with Crippen molar-refractivity contribution in [2.75, 3.05) is 18.8 Å². The highest BCUT2D eigenvalue weighted by Gasteiger charge is 2.32. The third-order valence-corrected chi connectivity index (χ3v) is 5.42. The van der Waals surface area contributed by atoms with Crippen molar-refractivity contribution in [1.82, 2.24) is 20.7 Å². The van der Waals surface area contributed by atoms with Crippen molar-refractivity contribution in [1.29, 1.82) is 0 Å². The third-order valence-electron chi connectivity index (χ3n) is 3.88. The fourth-order valence-corrected chi connectivity index (χ4v) is 3.60. The van der Waals surface area contributed by atoms with E-state index < -0.39 is 18.0 Å². The summed E-state index contributed by atoms with van der Waals surface area (Å²) in [7, 11) is 0. The standard InChI is InChI=1S/C15H15BrFN5O5S/c16-8-3-7(1-2-9(8)17)18-14(19-26)13-15(21-27-20-13)28-6-12(25)22-4-10(23)11(24)5-22/h1-3,10-11,23-24,26H,4-6H2,(H,18,19)/t10-,11+. The minimum atomic E-state index is -0.967. The smallest absolute Gasteiger partial charge is 0.233 e. The molecule has 1 aliphatic rings. The van der Waals surface area contributed by atoms with Gasteiger partial charge >= 0.3 is 0 Å². The Labute approximate surface area is 170 Å². The van der Waals surface area contributed by atoms with Gasteiger partial charge in [0.25, 0.3) is 0 Å². The SMILES string of the molecule is O=C(CSc1nonc1C(=Nc1ccc(F)c(Br)c1)NO)N1C[C@@H](O)[C@@H](O)C1. The molecule has 4 N–H and O–H groups in total. The largest absolute Gasteiger partial charge is 0.388 e. The van der Waals surface area contributed by atoms with Gasteiger partial charge in [0.1, 0.15) is 5.82 Å². The van der Waals surface area contributed by atoms with E-state index in [0.717, 1.165) is 11.8 Å². The second-order valence-corrected chi connectivity index (χ2v) is 7.63. The predicted octanol–water partition coefficient (Wildman–Crippen LogP) is 0.684. The number of β-amino-alcohol motifs (C(OH)–C–C–N with tert-alkyl or cyclic N) is 2. The number of amides is 1. The number of carbonyl (C=O) groups excluding carboxylic acids is 1. The zero-order chi connectivity index (χ0) is 20.3. The molecule has 2 aromatic rings. The van der Waals surface area contributed by atoms with Crippen LogP contribution in [0.1, 0.15) is 5.69 Å². The molecule has 0 radical (unpaired) electrons. The average Bonchev–Trinajstić information content (AvgIpc) is 3.27. The first-order chi connectivity index (χ1) is 13.4. The average molecular weight is 476 g/mol. The Morgan fingerprint density at radius 2 is 2.11 bits per heavy atom. The first kappa shape index (κ1) is 20.7. The van der Waals surface area contributed by atoms with E-state index in [9.17, 15) is 24.6 Å². The highest BCUT2D eigenvalue weighted by molar-refractivity contribution is 9.10. The van der Waals surface area contributed by atoms with Gasteiger partial charge in [-0.05, 0) is 44.4 Å². The van der Waals surface area contributed by atoms with Gasteiger partial charge < -0.3 is 15.1 Å². The van der Waals surface area contributed by atoms with Crippen LogP contribution in [-0.2, 0) is 4.79 Å². The van der Waals surface area contributed by atoms with Crippen molar-refractivity contribution in [3.63, 3.8) is 0 Å². The van der Waals surface area contributed by atoms with E-state index in [4.69, 9.17) is 0 Å². The van der Waals surface area contributed by atoms with Crippen LogP contribution in [0.5, 0.6) is 0 Å². The number of hydrogen-bond donors (Lipinski definition) is 4. The molecule has 0 spiro atoms. The lowest BCUT2D eigenvalue weighted by atomic mass is 10.3. The Morgan fingerprint density at radius 1 is 1.39 bits per heavy atom. The number of aliphatic hydroxyl groups excluding tert-OH is 2. The maximum absolute atomic E-state index is 13.3. The molecule has 1 saturated heterocycles. The van der Waals surface area contributed by atoms with Gasteiger partial charge in [-0.15, -0.1) is 0 Å². The number of aliphatic imine (C=N–C) groups is 1. The van der Waals surface area contributed by atoms with Crippen molar-refractivity contribution < 1.29 is 29.2 Å². The quantitative estimate of drug-likeness (QED) is 0.212. The Balaban J connectivity index is 1.72. The predicted molar refractivity (Wildman–Crippen MR) is 98.8 cm³/mol. The highest BCUT2D eigenvalue weighted by atomic mass is 79.9. The number of carbonyl (C=O) groups is 1. The molecule has 1 aromatic carbocycles. The molecule has 0 unspecified atom stereocenters. The molecule has 28 heavy (non-hydrogen) atoms. The number of hydrogen-bond acceptors (Lipinski definition) is 9. The Kier molecular flexibility index (Phi) is 6.61. The van der Waals surface area contributed by atoms with E-state index in [1.54, 1.807) is 0 Å². The van der Waals surface area contributed by atoms with Crippen LogP contribution in [0.25, 0.3) is 0 Å². The minimum Gasteiger partial charge on any atom is -0.388 e. The normalized spacial score (nSPS) is 19.9. The van der Waals surface area contributed by atoms with Gasteiger partial charge in [0, 0.05) is 13.1 Å². The van der Waals surface area contributed by atoms with Gasteiger partial charge in [0.2, 0.25) is 5.91 Å². The van der Waals surface area contributed by atoms with Gasteiger partial charge in [-0.2, -0.15) is 0 Å². The van der Waals surface area contributed by atoms with Crippen molar-refractivity contribution in [2.45, 2.75) is 17.2 Å². The number of amidine groups is 1. The molecule has 3 rings (SSSR count). The van der Waals surface area contributed by atoms with Gasteiger partial charge in [-0.3, -0.25) is 15.5 Å². The number of nitrogens with zero attached hydrogens (tertiary/aromatic N) is 4. The molecule has 150 valence electrons. The van der Waals surface area contributed by atoms with Crippen LogP contribution in [0.15, 0.2) is 37.3 Å². The van der Waals surface area contributed by atoms with E-state index in [0.29, 0.717) is 5.69 Å². The van der Waals surface area contributed by atoms with Gasteiger partial charge in [-0.1, -0.05) is 11.8 Å². The molecule has 1 fully saturated rings. The summed E-state index contributed by atoms with van der Waals surface area (Å²) < 4.78 is 18.2. The summed E-state index contributed by atoms with van der Waals surface area (Å²) in [6, 6.07) is 4.00. The van der Waals surface area contributed by atoms with E-state index in [-0.39, 0.29) is 45.8 Å². The summed E-state index contributed by atoms with van der Waals surface area (Å²) in [6.45, 7) is 0.101. The van der Waals surface area contributed by atoms with Gasteiger partial charge in [0.05, 0.1) is 28.1 Å². The van der Waals surface area contributed by atoms with E-state index in [2.05, 4.69) is 35.9 Å². The summed E-state index contributed by atoms with van der Waals surface area (Å²) in [5.74, 6) is -0.941. The lowest BCUT2D eigenvalue weighted by Gasteiger charge is -2.14. The van der Waals surface area contributed by atoms with Gasteiger partial charge in [0.15, 0.2) is 16.6 Å². The van der Waals surface area contributed by atoms with Crippen molar-refractivity contribution in [3.05, 3.63) is 34.2 Å². The number of aliphatic hydroxyl groups is 2. The van der Waals surface area contributed by atoms with Crippen molar-refractivity contribution >= 4 is 45.1 Å². The Morgan fingerprint density at radius 3 is 2.75 bits per heavy atom. The second-order valence-electron chi connectivity index (χ2n) is 5.81. The third kappa shape index (κ3) is 4.67. The second kappa shape index (κ2) is 8.96. The number of thioether (sulfide) groups is 1. The summed E-state index contributed by atoms with van der Waals surface area (Å²) in [5.41, 5.74) is 2.26. The molecule has 2 heterocycles. The maximum Gasteiger partial charge on any atom is 0.233 e. The molecule has 2 atom stereocenters. The molecular formula is C15H15BrFN5O5S. The van der Waals surface area contributed by atoms with Crippen LogP contribution in [0.3, 0.4) is 0 Å². The molecule has 1 amide bonds. The molecule has 1 aliphatic heterocycles. The van der Waals surface area contributed by atoms with E-state index in [1.807, 2.05) is 5.48 Å². The lowest BCUT2D eigenvalue weighted by molar-refractivity contribution is -0.127. The van der Waals surface area contributed by atoms with Crippen LogP contribution < -0.4 is 5.48 Å². The monoisotopic (exact) mass is 475 g/mol. The highest BCUT2D eigenvalue weighted by Crippen LogP contribution is 2.25. The summed E-state index contributed by atoms with van der Waals surface area (Å²) in [4.78, 5) is 17.7. The maximum atomic E-state index is 13.3. The summed E-state index contributed by atoms with van der Waals surface area (Å²) >= 11 is 4.03. The van der Waals surface area contributed by atoms with E-state index in [1.165, 1.54) is 23.1 Å². The molecule has 13 heteroatoms. The number of nitrogens with one attached hydrogen (secondary N) is 1. The summed E-state index contributed by atoms with van der Waals surface area (Å²) in [5, 5.41) is 36.0. The number of benzene rings is 1. The topological polar surface area (TPSA) is 144 Å². The molecule has 0 bridgehead atoms. The lowest BCUT2D eigenvalue weighted by Crippen LogP contribution is -2.31. The Hall–Kier alpha value is -2.06. The zero-order valence-corrected chi connectivity index (χ0v) is 16.5. The van der Waals surface area contributed by atoms with Crippen molar-refractivity contribution in [3.8, 4) is 0 Å². The van der Waals surface area contributed by atoms with Gasteiger partial charge in [-0.25, -0.2) is 14.0 Å². The number of aromatic nitrogens is 2. The fourth-order valence-electron chi connectivity index (χ4n) is 2.43. The minimum absolute atomic E-state index is 0.0504. The fraction of sp³-hybridized carbons (Fsp3) is 0.333. The number of hydroxylamine groups is 1. The van der Waals surface area contributed by atoms with Crippen molar-refractivity contribution in [2.24, 2.45) is 4.99 Å². The van der Waals surface area contributed by atoms with Crippen LogP contribution in [0.4, 0.5) is 10.1 Å². The first-order valence-electron chi connectivity index (χ1n) is 7.92. The molecule has 10 nitrogen and oxygen atoms in total. The molecule has 0 saturated carbocycles. The Bertz CT molecular complexity index is 887. The van der Waals surface area contributed by atoms with Crippen LogP contribution in [-0.4, -0.2) is 73.4 Å². The number of rotatable bonds is 5. The summed E-state index contributed by atoms with van der Waals surface area (Å²) in [6.07, 6.45) is -1.93. The molecular weight excluding hydrogens is 461 g/mol. The first-order valence-corrected chi connectivity index (χ1v) is 9.70. The zero-order valence-electron chi connectivity index (χ0n) is 14.1. The van der Waals surface area contributed by atoms with E-state index >= 15 is 0 Å².